The summed E-state index contributed by atoms with van der Waals surface area (Å²) in [6, 6.07) is 3.75. The predicted octanol–water partition coefficient (Wildman–Crippen LogP) is 2.93. The second-order valence-electron chi connectivity index (χ2n) is 8.32. The van der Waals surface area contributed by atoms with Gasteiger partial charge in [-0.2, -0.15) is 13.2 Å². The van der Waals surface area contributed by atoms with Gasteiger partial charge in [-0.15, -0.1) is 0 Å². The standard InChI is InChI=1S/C22H30F3N3O5/c1-13-10-28(15(3)29)14(2)12-33-18-7-6-16(26-20(30)9-22(23,24)25)8-17(18)21(31)27(4)11-19(13)32-5/h6-8,13-14,19H,9-12H2,1-5H3,(H,26,30)/t13-,14+,19+/m0/s1. The van der Waals surface area contributed by atoms with Crippen LogP contribution in [0.1, 0.15) is 37.6 Å². The fraction of sp³-hybridized carbons (Fsp3) is 0.591. The number of nitrogens with one attached hydrogen (secondary N) is 1. The van der Waals surface area contributed by atoms with E-state index in [4.69, 9.17) is 9.47 Å². The first kappa shape index (κ1) is 26.4. The summed E-state index contributed by atoms with van der Waals surface area (Å²) in [6.07, 6.45) is -6.66. The zero-order valence-electron chi connectivity index (χ0n) is 19.4. The van der Waals surface area contributed by atoms with E-state index in [0.717, 1.165) is 0 Å². The lowest BCUT2D eigenvalue weighted by Gasteiger charge is -2.35. The Balaban J connectivity index is 2.40. The summed E-state index contributed by atoms with van der Waals surface area (Å²) in [5, 5.41) is 2.17. The molecule has 11 heteroatoms. The van der Waals surface area contributed by atoms with Crippen LogP contribution in [0.25, 0.3) is 0 Å². The van der Waals surface area contributed by atoms with Gasteiger partial charge < -0.3 is 24.6 Å². The first-order valence-corrected chi connectivity index (χ1v) is 10.5. The van der Waals surface area contributed by atoms with Crippen LogP contribution in [0.15, 0.2) is 18.2 Å². The summed E-state index contributed by atoms with van der Waals surface area (Å²) >= 11 is 0. The third-order valence-electron chi connectivity index (χ3n) is 5.49. The molecule has 1 aromatic rings. The molecular weight excluding hydrogens is 443 g/mol. The number of amides is 3. The lowest BCUT2D eigenvalue weighted by molar-refractivity contribution is -0.150. The van der Waals surface area contributed by atoms with E-state index >= 15 is 0 Å². The molecule has 0 aromatic heterocycles. The largest absolute Gasteiger partial charge is 0.491 e. The highest BCUT2D eigenvalue weighted by Crippen LogP contribution is 2.27. The lowest BCUT2D eigenvalue weighted by atomic mass is 10.0. The van der Waals surface area contributed by atoms with Crippen LogP contribution in [-0.2, 0) is 14.3 Å². The van der Waals surface area contributed by atoms with Crippen molar-refractivity contribution in [3.05, 3.63) is 23.8 Å². The molecule has 1 N–H and O–H groups in total. The topological polar surface area (TPSA) is 88.2 Å². The molecule has 3 atom stereocenters. The van der Waals surface area contributed by atoms with Crippen LogP contribution in [0.5, 0.6) is 5.75 Å². The Bertz CT molecular complexity index is 877. The van der Waals surface area contributed by atoms with Crippen LogP contribution in [-0.4, -0.2) is 79.7 Å². The number of nitrogens with zero attached hydrogens (tertiary/aromatic N) is 2. The normalized spacial score (nSPS) is 22.5. The number of hydrogen-bond acceptors (Lipinski definition) is 5. The van der Waals surface area contributed by atoms with Gasteiger partial charge >= 0.3 is 6.18 Å². The average Bonchev–Trinajstić information content (AvgIpc) is 2.71. The molecule has 1 aliphatic heterocycles. The zero-order chi connectivity index (χ0) is 24.9. The molecule has 2 rings (SSSR count). The monoisotopic (exact) mass is 473 g/mol. The van der Waals surface area contributed by atoms with Gasteiger partial charge in [-0.3, -0.25) is 14.4 Å². The third kappa shape index (κ3) is 7.34. The molecule has 8 nitrogen and oxygen atoms in total. The summed E-state index contributed by atoms with van der Waals surface area (Å²) < 4.78 is 48.9. The molecule has 0 radical (unpaired) electrons. The number of carbonyl (C=O) groups is 3. The Hall–Kier alpha value is -2.82. The number of fused-ring (bicyclic) bond motifs is 1. The number of methoxy groups -OCH3 is 1. The lowest BCUT2D eigenvalue weighted by Crippen LogP contribution is -2.48. The number of hydrogen-bond donors (Lipinski definition) is 1. The van der Waals surface area contributed by atoms with Crippen molar-refractivity contribution in [2.75, 3.05) is 39.2 Å². The van der Waals surface area contributed by atoms with Gasteiger partial charge in [-0.1, -0.05) is 6.92 Å². The fourth-order valence-electron chi connectivity index (χ4n) is 3.68. The minimum atomic E-state index is -4.65. The van der Waals surface area contributed by atoms with Gasteiger partial charge in [0, 0.05) is 45.8 Å². The first-order chi connectivity index (χ1) is 15.3. The number of ether oxygens (including phenoxy) is 2. The maximum atomic E-state index is 13.2. The number of benzene rings is 1. The number of alkyl halides is 3. The Morgan fingerprint density at radius 2 is 1.91 bits per heavy atom. The van der Waals surface area contributed by atoms with Crippen LogP contribution in [0.4, 0.5) is 18.9 Å². The molecule has 0 fully saturated rings. The van der Waals surface area contributed by atoms with Crippen LogP contribution in [0, 0.1) is 5.92 Å². The molecule has 1 aromatic carbocycles. The van der Waals surface area contributed by atoms with Crippen LogP contribution >= 0.6 is 0 Å². The molecule has 0 spiro atoms. The average molecular weight is 473 g/mol. The van der Waals surface area contributed by atoms with E-state index in [1.54, 1.807) is 11.9 Å². The minimum Gasteiger partial charge on any atom is -0.491 e. The smallest absolute Gasteiger partial charge is 0.397 e. The number of anilines is 1. The minimum absolute atomic E-state index is 0.0375. The first-order valence-electron chi connectivity index (χ1n) is 10.5. The Kier molecular flexibility index (Phi) is 8.70. The van der Waals surface area contributed by atoms with Crippen molar-refractivity contribution in [2.45, 2.75) is 45.5 Å². The van der Waals surface area contributed by atoms with Crippen molar-refractivity contribution in [3.63, 3.8) is 0 Å². The highest BCUT2D eigenvalue weighted by atomic mass is 19.4. The summed E-state index contributed by atoms with van der Waals surface area (Å²) in [4.78, 5) is 40.2. The van der Waals surface area contributed by atoms with E-state index in [9.17, 15) is 27.6 Å². The van der Waals surface area contributed by atoms with Crippen molar-refractivity contribution in [1.29, 1.82) is 0 Å². The number of halogens is 3. The Morgan fingerprint density at radius 1 is 1.24 bits per heavy atom. The molecule has 33 heavy (non-hydrogen) atoms. The Labute approximate surface area is 191 Å². The van der Waals surface area contributed by atoms with Crippen molar-refractivity contribution in [3.8, 4) is 5.75 Å². The Morgan fingerprint density at radius 3 is 2.48 bits per heavy atom. The van der Waals surface area contributed by atoms with Crippen molar-refractivity contribution in [2.24, 2.45) is 5.92 Å². The number of carbonyl (C=O) groups excluding carboxylic acids is 3. The van der Waals surface area contributed by atoms with Gasteiger partial charge in [0.1, 0.15) is 18.8 Å². The SMILES string of the molecule is CO[C@@H]1CN(C)C(=O)c2cc(NC(=O)CC(F)(F)F)ccc2OC[C@@H](C)N(C(C)=O)C[C@@H]1C. The number of rotatable bonds is 3. The maximum absolute atomic E-state index is 13.2. The van der Waals surface area contributed by atoms with Gasteiger partial charge in [-0.25, -0.2) is 0 Å². The molecule has 0 unspecified atom stereocenters. The molecule has 0 saturated carbocycles. The maximum Gasteiger partial charge on any atom is 0.397 e. The van der Waals surface area contributed by atoms with Gasteiger partial charge in [0.15, 0.2) is 0 Å². The van der Waals surface area contributed by atoms with E-state index in [0.29, 0.717) is 6.54 Å². The molecule has 3 amide bonds. The third-order valence-corrected chi connectivity index (χ3v) is 5.49. The molecule has 0 aliphatic carbocycles. The van der Waals surface area contributed by atoms with Crippen LogP contribution < -0.4 is 10.1 Å². The molecule has 0 bridgehead atoms. The van der Waals surface area contributed by atoms with E-state index in [1.807, 2.05) is 13.8 Å². The zero-order valence-corrected chi connectivity index (χ0v) is 19.4. The summed E-state index contributed by atoms with van der Waals surface area (Å²) in [7, 11) is 3.09. The van der Waals surface area contributed by atoms with Crippen molar-refractivity contribution >= 4 is 23.4 Å². The molecular formula is C22H30F3N3O5. The van der Waals surface area contributed by atoms with E-state index in [2.05, 4.69) is 5.32 Å². The molecule has 1 aliphatic rings. The summed E-state index contributed by atoms with van der Waals surface area (Å²) in [5.74, 6) is -1.71. The molecule has 184 valence electrons. The van der Waals surface area contributed by atoms with E-state index < -0.39 is 24.4 Å². The van der Waals surface area contributed by atoms with E-state index in [-0.39, 0.29) is 54.1 Å². The van der Waals surface area contributed by atoms with Gasteiger partial charge in [-0.05, 0) is 25.1 Å². The molecule has 0 saturated heterocycles. The second-order valence-corrected chi connectivity index (χ2v) is 8.32. The van der Waals surface area contributed by atoms with Crippen LogP contribution in [0.2, 0.25) is 0 Å². The van der Waals surface area contributed by atoms with Crippen LogP contribution in [0.3, 0.4) is 0 Å². The van der Waals surface area contributed by atoms with Gasteiger partial charge in [0.05, 0.1) is 17.7 Å². The molecule has 1 heterocycles. The predicted molar refractivity (Wildman–Crippen MR) is 115 cm³/mol. The number of likely N-dealkylation sites (N-methyl/N-ethyl adjacent to an activating group) is 1. The summed E-state index contributed by atoms with van der Waals surface area (Å²) in [5.41, 5.74) is 0.113. The summed E-state index contributed by atoms with van der Waals surface area (Å²) in [6.45, 7) is 5.92. The van der Waals surface area contributed by atoms with E-state index in [1.165, 1.54) is 37.1 Å². The van der Waals surface area contributed by atoms with Gasteiger partial charge in [0.25, 0.3) is 5.91 Å². The quantitative estimate of drug-likeness (QED) is 0.730. The second kappa shape index (κ2) is 10.9. The van der Waals surface area contributed by atoms with Gasteiger partial charge in [0.2, 0.25) is 11.8 Å². The fourth-order valence-corrected chi connectivity index (χ4v) is 3.68. The highest BCUT2D eigenvalue weighted by molar-refractivity contribution is 5.99. The van der Waals surface area contributed by atoms with Crippen molar-refractivity contribution < 1.29 is 37.0 Å². The van der Waals surface area contributed by atoms with Crippen molar-refractivity contribution in [1.82, 2.24) is 9.80 Å². The highest BCUT2D eigenvalue weighted by Gasteiger charge is 2.32.